The van der Waals surface area contributed by atoms with Crippen LogP contribution in [0.5, 0.6) is 0 Å². The van der Waals surface area contributed by atoms with Gasteiger partial charge in [-0.15, -0.1) is 11.3 Å². The molecule has 5 heteroatoms. The first-order chi connectivity index (χ1) is 10.7. The minimum atomic E-state index is -0.0582. The Bertz CT molecular complexity index is 745. The molecule has 0 saturated carbocycles. The second kappa shape index (κ2) is 6.58. The highest BCUT2D eigenvalue weighted by molar-refractivity contribution is 7.09. The molecule has 0 radical (unpaired) electrons. The van der Waals surface area contributed by atoms with Crippen molar-refractivity contribution in [2.45, 2.75) is 19.9 Å². The molecule has 1 amide bonds. The molecule has 0 aliphatic heterocycles. The van der Waals surface area contributed by atoms with Crippen molar-refractivity contribution in [3.8, 4) is 11.3 Å². The number of thiophene rings is 1. The number of nitrogens with zero attached hydrogens (tertiary/aromatic N) is 1. The van der Waals surface area contributed by atoms with Crippen LogP contribution in [-0.4, -0.2) is 11.1 Å². The van der Waals surface area contributed by atoms with Crippen LogP contribution >= 0.6 is 11.3 Å². The number of carbonyl (C=O) groups excluding carboxylic acids is 1. The maximum atomic E-state index is 11.9. The third-order valence-corrected chi connectivity index (χ3v) is 4.15. The third kappa shape index (κ3) is 3.62. The summed E-state index contributed by atoms with van der Waals surface area (Å²) in [6.45, 7) is 2.59. The van der Waals surface area contributed by atoms with E-state index in [1.165, 1.54) is 5.56 Å². The zero-order chi connectivity index (χ0) is 15.4. The summed E-state index contributed by atoms with van der Waals surface area (Å²) in [5.74, 6) is 0.623. The van der Waals surface area contributed by atoms with Crippen LogP contribution in [0.1, 0.15) is 16.1 Å². The van der Waals surface area contributed by atoms with E-state index in [4.69, 9.17) is 4.52 Å². The number of aromatic nitrogens is 1. The molecule has 1 aromatic carbocycles. The van der Waals surface area contributed by atoms with Gasteiger partial charge in [0.05, 0.1) is 18.7 Å². The van der Waals surface area contributed by atoms with E-state index in [9.17, 15) is 4.79 Å². The van der Waals surface area contributed by atoms with Gasteiger partial charge in [0.2, 0.25) is 5.91 Å². The van der Waals surface area contributed by atoms with Gasteiger partial charge in [-0.05, 0) is 18.4 Å². The maximum Gasteiger partial charge on any atom is 0.226 e. The summed E-state index contributed by atoms with van der Waals surface area (Å²) in [5, 5.41) is 8.84. The standard InChI is InChI=1S/C17H16N2O2S/c1-12-4-6-13(7-5-12)16-9-14(19-21-16)10-17(20)18-11-15-3-2-8-22-15/h2-9H,10-11H2,1H3,(H,18,20). The van der Waals surface area contributed by atoms with E-state index in [0.717, 1.165) is 10.4 Å². The largest absolute Gasteiger partial charge is 0.356 e. The molecule has 3 rings (SSSR count). The summed E-state index contributed by atoms with van der Waals surface area (Å²) in [7, 11) is 0. The number of rotatable bonds is 5. The van der Waals surface area contributed by atoms with E-state index >= 15 is 0 Å². The highest BCUT2D eigenvalue weighted by Crippen LogP contribution is 2.20. The van der Waals surface area contributed by atoms with Gasteiger partial charge >= 0.3 is 0 Å². The van der Waals surface area contributed by atoms with Crippen molar-refractivity contribution >= 4 is 17.2 Å². The average molecular weight is 312 g/mol. The Morgan fingerprint density at radius 3 is 2.82 bits per heavy atom. The lowest BCUT2D eigenvalue weighted by Crippen LogP contribution is -2.24. The van der Waals surface area contributed by atoms with Crippen molar-refractivity contribution in [3.63, 3.8) is 0 Å². The zero-order valence-electron chi connectivity index (χ0n) is 12.2. The first-order valence-electron chi connectivity index (χ1n) is 7.02. The summed E-state index contributed by atoms with van der Waals surface area (Å²) in [6, 6.07) is 13.8. The third-order valence-electron chi connectivity index (χ3n) is 3.28. The first-order valence-corrected chi connectivity index (χ1v) is 7.90. The summed E-state index contributed by atoms with van der Waals surface area (Å²) in [6.07, 6.45) is 0.223. The van der Waals surface area contributed by atoms with Gasteiger partial charge in [-0.1, -0.05) is 41.1 Å². The van der Waals surface area contributed by atoms with Crippen LogP contribution < -0.4 is 5.32 Å². The van der Waals surface area contributed by atoms with Gasteiger partial charge in [-0.3, -0.25) is 4.79 Å². The number of aryl methyl sites for hydroxylation is 1. The average Bonchev–Trinajstić information content (AvgIpc) is 3.17. The Morgan fingerprint density at radius 2 is 2.09 bits per heavy atom. The number of benzene rings is 1. The fourth-order valence-electron chi connectivity index (χ4n) is 2.07. The molecule has 0 atom stereocenters. The van der Waals surface area contributed by atoms with Crippen molar-refractivity contribution in [2.75, 3.05) is 0 Å². The van der Waals surface area contributed by atoms with E-state index in [1.54, 1.807) is 11.3 Å². The van der Waals surface area contributed by atoms with Crippen molar-refractivity contribution in [2.24, 2.45) is 0 Å². The Morgan fingerprint density at radius 1 is 1.27 bits per heavy atom. The van der Waals surface area contributed by atoms with Gasteiger partial charge < -0.3 is 9.84 Å². The predicted octanol–water partition coefficient (Wildman–Crippen LogP) is 3.57. The van der Waals surface area contributed by atoms with Crippen molar-refractivity contribution in [3.05, 3.63) is 64.0 Å². The molecular formula is C17H16N2O2S. The van der Waals surface area contributed by atoms with E-state index < -0.39 is 0 Å². The normalized spacial score (nSPS) is 10.6. The Kier molecular flexibility index (Phi) is 4.34. The number of carbonyl (C=O) groups is 1. The van der Waals surface area contributed by atoms with Crippen molar-refractivity contribution in [1.29, 1.82) is 0 Å². The minimum absolute atomic E-state index is 0.0582. The lowest BCUT2D eigenvalue weighted by molar-refractivity contribution is -0.120. The highest BCUT2D eigenvalue weighted by Gasteiger charge is 2.10. The van der Waals surface area contributed by atoms with Crippen LogP contribution in [0.2, 0.25) is 0 Å². The molecule has 0 bridgehead atoms. The molecule has 4 nitrogen and oxygen atoms in total. The summed E-state index contributed by atoms with van der Waals surface area (Å²) >= 11 is 1.62. The van der Waals surface area contributed by atoms with Gasteiger partial charge in [-0.25, -0.2) is 0 Å². The maximum absolute atomic E-state index is 11.9. The van der Waals surface area contributed by atoms with Crippen LogP contribution in [0.15, 0.2) is 52.4 Å². The minimum Gasteiger partial charge on any atom is -0.356 e. The Hall–Kier alpha value is -2.40. The molecule has 22 heavy (non-hydrogen) atoms. The van der Waals surface area contributed by atoms with Gasteiger partial charge in [0, 0.05) is 16.5 Å². The highest BCUT2D eigenvalue weighted by atomic mass is 32.1. The molecule has 0 saturated heterocycles. The van der Waals surface area contributed by atoms with Crippen molar-refractivity contribution in [1.82, 2.24) is 10.5 Å². The fourth-order valence-corrected chi connectivity index (χ4v) is 2.72. The zero-order valence-corrected chi connectivity index (χ0v) is 13.0. The molecule has 0 unspecified atom stereocenters. The van der Waals surface area contributed by atoms with Crippen molar-refractivity contribution < 1.29 is 9.32 Å². The first kappa shape index (κ1) is 14.5. The smallest absolute Gasteiger partial charge is 0.226 e. The van der Waals surface area contributed by atoms with Crippen LogP contribution in [0.25, 0.3) is 11.3 Å². The van der Waals surface area contributed by atoms with Gasteiger partial charge in [0.15, 0.2) is 5.76 Å². The molecule has 2 heterocycles. The second-order valence-corrected chi connectivity index (χ2v) is 6.11. The van der Waals surface area contributed by atoms with E-state index in [1.807, 2.05) is 54.8 Å². The molecule has 0 fully saturated rings. The Labute approximate surface area is 132 Å². The lowest BCUT2D eigenvalue weighted by Gasteiger charge is -2.00. The van der Waals surface area contributed by atoms with E-state index in [2.05, 4.69) is 10.5 Å². The predicted molar refractivity (Wildman–Crippen MR) is 86.5 cm³/mol. The summed E-state index contributed by atoms with van der Waals surface area (Å²) in [4.78, 5) is 13.0. The van der Waals surface area contributed by atoms with E-state index in [-0.39, 0.29) is 12.3 Å². The number of hydrogen-bond donors (Lipinski definition) is 1. The molecule has 0 aliphatic rings. The SMILES string of the molecule is Cc1ccc(-c2cc(CC(=O)NCc3cccs3)no2)cc1. The topological polar surface area (TPSA) is 55.1 Å². The van der Waals surface area contributed by atoms with E-state index in [0.29, 0.717) is 18.0 Å². The monoisotopic (exact) mass is 312 g/mol. The van der Waals surface area contributed by atoms with Gasteiger partial charge in [-0.2, -0.15) is 0 Å². The molecule has 2 aromatic heterocycles. The fraction of sp³-hybridized carbons (Fsp3) is 0.176. The molecule has 0 spiro atoms. The Balaban J connectivity index is 1.59. The molecule has 112 valence electrons. The number of nitrogens with one attached hydrogen (secondary N) is 1. The number of amides is 1. The number of hydrogen-bond acceptors (Lipinski definition) is 4. The summed E-state index contributed by atoms with van der Waals surface area (Å²) in [5.41, 5.74) is 2.79. The summed E-state index contributed by atoms with van der Waals surface area (Å²) < 4.78 is 5.31. The quantitative estimate of drug-likeness (QED) is 0.783. The van der Waals surface area contributed by atoms with Crippen LogP contribution in [-0.2, 0) is 17.8 Å². The van der Waals surface area contributed by atoms with Crippen LogP contribution in [0.4, 0.5) is 0 Å². The van der Waals surface area contributed by atoms with Gasteiger partial charge in [0.1, 0.15) is 0 Å². The molecule has 0 aliphatic carbocycles. The van der Waals surface area contributed by atoms with Gasteiger partial charge in [0.25, 0.3) is 0 Å². The second-order valence-electron chi connectivity index (χ2n) is 5.08. The molecule has 1 N–H and O–H groups in total. The van der Waals surface area contributed by atoms with Crippen LogP contribution in [0, 0.1) is 6.92 Å². The molecular weight excluding hydrogens is 296 g/mol. The lowest BCUT2D eigenvalue weighted by atomic mass is 10.1. The van der Waals surface area contributed by atoms with Crippen LogP contribution in [0.3, 0.4) is 0 Å². The molecule has 3 aromatic rings.